The van der Waals surface area contributed by atoms with E-state index in [9.17, 15) is 44.1 Å². The zero-order valence-corrected chi connectivity index (χ0v) is 56.7. The van der Waals surface area contributed by atoms with Gasteiger partial charge in [-0.25, -0.2) is 18.3 Å². The molecule has 6 N–H and O–H groups in total. The molecule has 102 heavy (non-hydrogen) atoms. The Kier molecular flexibility index (Phi) is 24.1. The van der Waals surface area contributed by atoms with Gasteiger partial charge >= 0.3 is 0 Å². The molecular formula is C77H81F2N12O11+. The molecule has 0 spiro atoms. The second kappa shape index (κ2) is 34.0. The van der Waals surface area contributed by atoms with Crippen molar-refractivity contribution in [3.63, 3.8) is 0 Å². The van der Waals surface area contributed by atoms with Gasteiger partial charge in [-0.15, -0.1) is 0 Å². The third kappa shape index (κ3) is 18.7. The van der Waals surface area contributed by atoms with Gasteiger partial charge in [-0.05, 0) is 145 Å². The number of aryl methyl sites for hydroxylation is 1. The van der Waals surface area contributed by atoms with Crippen LogP contribution in [0.2, 0.25) is 0 Å². The first-order valence-electron chi connectivity index (χ1n) is 34.4. The Hall–Kier alpha value is -10.9. The molecule has 23 nitrogen and oxygen atoms in total. The SMILES string of the molecule is CCCNC(=O)[C@@H]1C[C@H]1C(=O)Nc1cc(-c2ccc(OC3CCOCC3)c(C#N)c2)ccn1.C[n+]1ccccc1N1CC[C@H](Oc2ccc(-c3cc(NC(=O)C4CC4)ccn3)cc2C#N)[C@H](F)C1.N#Cc1cc(-c2cccc(NC(=O)[C@@H]3C[C@@H]3CO)c2)ccc1O[C@H]1CCN(C(=O)CO)C[C@H]1F. The number of ether oxygens (including phenoxy) is 4. The molecule has 3 saturated carbocycles. The molecule has 6 fully saturated rings. The van der Waals surface area contributed by atoms with Crippen LogP contribution in [0.25, 0.3) is 33.5 Å². The fraction of sp³-hybridized carbons (Fsp3) is 0.390. The second-order valence-electron chi connectivity index (χ2n) is 26.1. The van der Waals surface area contributed by atoms with E-state index in [1.54, 1.807) is 91.3 Å². The first-order chi connectivity index (χ1) is 49.5. The number of likely N-dealkylation sites (tertiary alicyclic amines) is 1. The Balaban J connectivity index is 0.000000154. The summed E-state index contributed by atoms with van der Waals surface area (Å²) in [4.78, 5) is 72.4. The lowest BCUT2D eigenvalue weighted by molar-refractivity contribution is -0.659. The van der Waals surface area contributed by atoms with Gasteiger partial charge < -0.3 is 55.3 Å². The zero-order chi connectivity index (χ0) is 71.8. The van der Waals surface area contributed by atoms with Gasteiger partial charge in [0.1, 0.15) is 72.7 Å². The summed E-state index contributed by atoms with van der Waals surface area (Å²) in [5.74, 6) is 1.07. The van der Waals surface area contributed by atoms with Crippen LogP contribution in [-0.2, 0) is 35.8 Å². The van der Waals surface area contributed by atoms with Crippen molar-refractivity contribution in [3.05, 3.63) is 157 Å². The van der Waals surface area contributed by atoms with Crippen molar-refractivity contribution >= 4 is 52.5 Å². The van der Waals surface area contributed by atoms with E-state index < -0.39 is 37.1 Å². The standard InChI is InChI=1S/C27H26FN5O2.C25H26FN3O5.C25H28N4O4/c1-32-12-3-2-4-26(32)33-13-10-25(22(28)17-33)35-24-8-7-19(14-20(24)16-29)23-15-21(9-11-30-23)31-27(34)18-5-6-18;26-21-12-29(24(32)14-31)7-6-23(21)34-22-5-4-16(8-17(22)11-27)15-2-1-3-19(9-15)28-25(33)20-10-18(20)13-30;1-2-8-28-24(30)20-14-21(20)25(31)29-23-13-17(5-9-27-23)16-3-4-22(18(12-16)15-26)33-19-6-10-32-11-7-19/h2-4,7-9,11-12,14-15,18,22,25H,5-6,10,13,17H2,1H3;1-5,8-9,18,20-21,23,30-31H,6-7,10,12-14H2,(H,28,33);3-5,9,12-13,19-21H,2,6-8,10-11,14H2,1H3,(H,28,30)(H,27,29,31)/p+1/t22-,25+;18-,20-,21-,23+;20-,21-/m111/s1. The molecule has 3 aliphatic heterocycles. The number of nitrogens with zero attached hydrogens (tertiary/aromatic N) is 8. The Morgan fingerprint density at radius 3 is 1.83 bits per heavy atom. The molecule has 0 radical (unpaired) electrons. The number of amides is 5. The highest BCUT2D eigenvalue weighted by Crippen LogP contribution is 2.41. The van der Waals surface area contributed by atoms with Gasteiger partial charge in [-0.2, -0.15) is 15.8 Å². The molecule has 3 aliphatic carbocycles. The minimum atomic E-state index is -1.44. The highest BCUT2D eigenvalue weighted by Gasteiger charge is 2.48. The average molecular weight is 1390 g/mol. The van der Waals surface area contributed by atoms with Crippen LogP contribution in [0.15, 0.2) is 140 Å². The molecule has 5 amide bonds. The average Bonchev–Trinajstić information content (AvgIpc) is 1.77. The number of rotatable bonds is 21. The number of aliphatic hydroxyl groups excluding tert-OH is 2. The Morgan fingerprint density at radius 2 is 1.21 bits per heavy atom. The van der Waals surface area contributed by atoms with Crippen LogP contribution in [0.1, 0.15) is 81.4 Å². The maximum Gasteiger partial charge on any atom is 0.276 e. The fourth-order valence-corrected chi connectivity index (χ4v) is 12.5. The number of hydrogen-bond acceptors (Lipinski definition) is 17. The van der Waals surface area contributed by atoms with Gasteiger partial charge in [-0.1, -0.05) is 37.3 Å². The summed E-state index contributed by atoms with van der Waals surface area (Å²) in [7, 11) is 1.94. The van der Waals surface area contributed by atoms with Gasteiger partial charge in [0.2, 0.25) is 29.5 Å². The summed E-state index contributed by atoms with van der Waals surface area (Å²) in [6.07, 6.45) is 7.52. The van der Waals surface area contributed by atoms with E-state index >= 15 is 4.39 Å². The summed E-state index contributed by atoms with van der Waals surface area (Å²) in [5.41, 5.74) is 6.84. The van der Waals surface area contributed by atoms with E-state index in [1.807, 2.05) is 72.1 Å². The van der Waals surface area contributed by atoms with Crippen molar-refractivity contribution in [2.24, 2.45) is 36.6 Å². The number of hydrogen-bond donors (Lipinski definition) is 6. The fourth-order valence-electron chi connectivity index (χ4n) is 12.5. The van der Waals surface area contributed by atoms with Gasteiger partial charge in [0, 0.05) is 92.6 Å². The zero-order valence-electron chi connectivity index (χ0n) is 56.7. The van der Waals surface area contributed by atoms with E-state index in [-0.39, 0.29) is 103 Å². The monoisotopic (exact) mass is 1390 g/mol. The topological polar surface area (TPSA) is 318 Å². The molecule has 3 aromatic heterocycles. The van der Waals surface area contributed by atoms with Crippen LogP contribution in [0.4, 0.5) is 31.8 Å². The molecule has 3 saturated heterocycles. The van der Waals surface area contributed by atoms with Crippen molar-refractivity contribution in [3.8, 4) is 69.0 Å². The number of aromatic nitrogens is 3. The lowest BCUT2D eigenvalue weighted by Crippen LogP contribution is -2.50. The molecule has 4 aromatic carbocycles. The number of halogens is 2. The van der Waals surface area contributed by atoms with Crippen molar-refractivity contribution in [2.75, 3.05) is 80.0 Å². The van der Waals surface area contributed by atoms with Crippen LogP contribution in [-0.4, -0.2) is 144 Å². The predicted octanol–water partition coefficient (Wildman–Crippen LogP) is 9.17. The van der Waals surface area contributed by atoms with Crippen molar-refractivity contribution in [1.29, 1.82) is 15.8 Å². The highest BCUT2D eigenvalue weighted by molar-refractivity contribution is 5.99. The molecule has 13 rings (SSSR count). The smallest absolute Gasteiger partial charge is 0.276 e. The quantitative estimate of drug-likeness (QED) is 0.0365. The Morgan fingerprint density at radius 1 is 0.608 bits per heavy atom. The maximum absolute atomic E-state index is 15.1. The minimum absolute atomic E-state index is 0.00648. The predicted molar refractivity (Wildman–Crippen MR) is 373 cm³/mol. The number of benzene rings is 4. The summed E-state index contributed by atoms with van der Waals surface area (Å²) in [6.45, 7) is 4.28. The summed E-state index contributed by atoms with van der Waals surface area (Å²) in [6, 6.07) is 42.4. The van der Waals surface area contributed by atoms with E-state index in [1.165, 1.54) is 4.90 Å². The van der Waals surface area contributed by atoms with Crippen LogP contribution < -0.4 is 44.9 Å². The van der Waals surface area contributed by atoms with Gasteiger partial charge in [0.15, 0.2) is 12.3 Å². The molecule has 528 valence electrons. The van der Waals surface area contributed by atoms with Crippen LogP contribution in [0, 0.1) is 63.6 Å². The maximum atomic E-state index is 15.1. The number of carbonyl (C=O) groups is 5. The van der Waals surface area contributed by atoms with E-state index in [4.69, 9.17) is 29.2 Å². The number of carbonyl (C=O) groups excluding carboxylic acids is 5. The number of nitrogens with one attached hydrogen (secondary N) is 4. The highest BCUT2D eigenvalue weighted by atomic mass is 19.1. The molecule has 6 heterocycles. The minimum Gasteiger partial charge on any atom is -0.489 e. The molecule has 25 heteroatoms. The molecular weight excluding hydrogens is 1310 g/mol. The number of pyridine rings is 3. The van der Waals surface area contributed by atoms with Crippen LogP contribution >= 0.6 is 0 Å². The van der Waals surface area contributed by atoms with E-state index in [2.05, 4.69) is 49.4 Å². The van der Waals surface area contributed by atoms with Crippen molar-refractivity contribution in [2.45, 2.75) is 95.4 Å². The van der Waals surface area contributed by atoms with Gasteiger partial charge in [-0.3, -0.25) is 33.9 Å². The van der Waals surface area contributed by atoms with Gasteiger partial charge in [0.05, 0.1) is 73.8 Å². The first-order valence-corrected chi connectivity index (χ1v) is 34.4. The van der Waals surface area contributed by atoms with Crippen molar-refractivity contribution in [1.82, 2.24) is 20.2 Å². The summed E-state index contributed by atoms with van der Waals surface area (Å²) in [5, 5.41) is 58.6. The molecule has 6 aliphatic rings. The number of nitriles is 3. The number of aliphatic hydroxyl groups is 2. The summed E-state index contributed by atoms with van der Waals surface area (Å²) >= 11 is 0. The molecule has 8 atom stereocenters. The normalized spacial score (nSPS) is 21.0. The number of alkyl halides is 2. The lowest BCUT2D eigenvalue weighted by Gasteiger charge is -2.34. The number of piperidine rings is 2. The first kappa shape index (κ1) is 72.3. The Bertz CT molecular complexity index is 4320. The number of anilines is 4. The van der Waals surface area contributed by atoms with E-state index in [0.717, 1.165) is 65.7 Å². The Labute approximate surface area is 590 Å². The molecule has 7 aromatic rings. The van der Waals surface area contributed by atoms with Crippen LogP contribution in [0.3, 0.4) is 0 Å². The summed E-state index contributed by atoms with van der Waals surface area (Å²) < 4.78 is 54.8. The van der Waals surface area contributed by atoms with Gasteiger partial charge in [0.25, 0.3) is 5.82 Å². The largest absolute Gasteiger partial charge is 0.489 e. The van der Waals surface area contributed by atoms with Crippen molar-refractivity contribution < 1.29 is 66.5 Å². The molecule has 0 unspecified atom stereocenters. The molecule has 0 bridgehead atoms. The van der Waals surface area contributed by atoms with Crippen LogP contribution in [0.5, 0.6) is 17.2 Å². The third-order valence-electron chi connectivity index (χ3n) is 18.7. The lowest BCUT2D eigenvalue weighted by atomic mass is 10.0. The third-order valence-corrected chi connectivity index (χ3v) is 18.7. The second-order valence-corrected chi connectivity index (χ2v) is 26.1. The van der Waals surface area contributed by atoms with E-state index in [0.29, 0.717) is 91.1 Å².